The highest BCUT2D eigenvalue weighted by atomic mass is 16.2. The number of nitrogens with one attached hydrogen (secondary N) is 1. The Morgan fingerprint density at radius 3 is 2.38 bits per heavy atom. The van der Waals surface area contributed by atoms with Gasteiger partial charge in [0.15, 0.2) is 0 Å². The standard InChI is InChI=1S/C19H21N3O2/c1-14-7-8-16(13-20-14)19(24)22-11-9-17(10-12-22)21-18(23)15-5-3-2-4-6-15/h2-8,13,17H,9-12H2,1H3,(H,21,23). The molecule has 0 unspecified atom stereocenters. The molecular weight excluding hydrogens is 302 g/mol. The molecule has 1 N–H and O–H groups in total. The van der Waals surface area contributed by atoms with Gasteiger partial charge in [-0.1, -0.05) is 18.2 Å². The van der Waals surface area contributed by atoms with Crippen LogP contribution in [0.4, 0.5) is 0 Å². The molecule has 3 rings (SSSR count). The van der Waals surface area contributed by atoms with E-state index in [4.69, 9.17) is 0 Å². The van der Waals surface area contributed by atoms with Gasteiger partial charge in [-0.15, -0.1) is 0 Å². The first-order chi connectivity index (χ1) is 11.6. The number of piperidine rings is 1. The van der Waals surface area contributed by atoms with Crippen molar-refractivity contribution < 1.29 is 9.59 Å². The maximum Gasteiger partial charge on any atom is 0.255 e. The van der Waals surface area contributed by atoms with Crippen LogP contribution in [-0.4, -0.2) is 40.8 Å². The van der Waals surface area contributed by atoms with Crippen LogP contribution < -0.4 is 5.32 Å². The Morgan fingerprint density at radius 1 is 1.04 bits per heavy atom. The molecule has 1 fully saturated rings. The quantitative estimate of drug-likeness (QED) is 0.943. The number of pyridine rings is 1. The van der Waals surface area contributed by atoms with Crippen LogP contribution in [0.1, 0.15) is 39.3 Å². The predicted octanol–water partition coefficient (Wildman–Crippen LogP) is 2.42. The van der Waals surface area contributed by atoms with E-state index in [2.05, 4.69) is 10.3 Å². The second kappa shape index (κ2) is 7.25. The lowest BCUT2D eigenvalue weighted by Crippen LogP contribution is -2.46. The summed E-state index contributed by atoms with van der Waals surface area (Å²) in [7, 11) is 0. The number of aromatic nitrogens is 1. The van der Waals surface area contributed by atoms with Gasteiger partial charge >= 0.3 is 0 Å². The molecule has 124 valence electrons. The highest BCUT2D eigenvalue weighted by molar-refractivity contribution is 5.95. The van der Waals surface area contributed by atoms with E-state index in [-0.39, 0.29) is 17.9 Å². The highest BCUT2D eigenvalue weighted by Gasteiger charge is 2.24. The SMILES string of the molecule is Cc1ccc(C(=O)N2CCC(NC(=O)c3ccccc3)CC2)cn1. The van der Waals surface area contributed by atoms with Crippen molar-refractivity contribution in [1.82, 2.24) is 15.2 Å². The van der Waals surface area contributed by atoms with E-state index >= 15 is 0 Å². The molecule has 5 heteroatoms. The van der Waals surface area contributed by atoms with E-state index < -0.39 is 0 Å². The average Bonchev–Trinajstić information content (AvgIpc) is 2.63. The molecule has 0 radical (unpaired) electrons. The Bertz CT molecular complexity index is 705. The molecule has 24 heavy (non-hydrogen) atoms. The number of amides is 2. The number of rotatable bonds is 3. The first-order valence-electron chi connectivity index (χ1n) is 8.21. The third-order valence-corrected chi connectivity index (χ3v) is 4.31. The summed E-state index contributed by atoms with van der Waals surface area (Å²) in [6.45, 7) is 3.19. The van der Waals surface area contributed by atoms with Crippen molar-refractivity contribution in [2.24, 2.45) is 0 Å². The van der Waals surface area contributed by atoms with Crippen molar-refractivity contribution in [3.63, 3.8) is 0 Å². The second-order valence-electron chi connectivity index (χ2n) is 6.09. The van der Waals surface area contributed by atoms with Crippen molar-refractivity contribution in [1.29, 1.82) is 0 Å². The van der Waals surface area contributed by atoms with Gasteiger partial charge in [-0.25, -0.2) is 0 Å². The first-order valence-corrected chi connectivity index (χ1v) is 8.21. The monoisotopic (exact) mass is 323 g/mol. The molecular formula is C19H21N3O2. The molecule has 1 aromatic carbocycles. The van der Waals surface area contributed by atoms with Gasteiger partial charge in [-0.05, 0) is 44.0 Å². The van der Waals surface area contributed by atoms with E-state index in [0.29, 0.717) is 24.2 Å². The number of carbonyl (C=O) groups excluding carboxylic acids is 2. The smallest absolute Gasteiger partial charge is 0.255 e. The fourth-order valence-corrected chi connectivity index (χ4v) is 2.86. The largest absolute Gasteiger partial charge is 0.349 e. The zero-order valence-corrected chi connectivity index (χ0v) is 13.7. The normalized spacial score (nSPS) is 15.1. The number of aryl methyl sites for hydroxylation is 1. The van der Waals surface area contributed by atoms with E-state index in [1.54, 1.807) is 18.3 Å². The van der Waals surface area contributed by atoms with Gasteiger partial charge in [0.05, 0.1) is 5.56 Å². The zero-order chi connectivity index (χ0) is 16.9. The van der Waals surface area contributed by atoms with Crippen molar-refractivity contribution in [2.75, 3.05) is 13.1 Å². The van der Waals surface area contributed by atoms with E-state index in [9.17, 15) is 9.59 Å². The maximum atomic E-state index is 12.5. The van der Waals surface area contributed by atoms with E-state index in [0.717, 1.165) is 18.5 Å². The molecule has 1 aromatic heterocycles. The summed E-state index contributed by atoms with van der Waals surface area (Å²) in [4.78, 5) is 30.7. The summed E-state index contributed by atoms with van der Waals surface area (Å²) in [5, 5.41) is 3.05. The second-order valence-corrected chi connectivity index (χ2v) is 6.09. The average molecular weight is 323 g/mol. The van der Waals surface area contributed by atoms with Gasteiger partial charge in [0.1, 0.15) is 0 Å². The van der Waals surface area contributed by atoms with Crippen LogP contribution in [0.15, 0.2) is 48.7 Å². The van der Waals surface area contributed by atoms with E-state index in [1.807, 2.05) is 42.2 Å². The van der Waals surface area contributed by atoms with Gasteiger partial charge in [0.2, 0.25) is 0 Å². The Hall–Kier alpha value is -2.69. The summed E-state index contributed by atoms with van der Waals surface area (Å²) < 4.78 is 0. The molecule has 0 aliphatic carbocycles. The van der Waals surface area contributed by atoms with Crippen LogP contribution >= 0.6 is 0 Å². The zero-order valence-electron chi connectivity index (χ0n) is 13.7. The van der Waals surface area contributed by atoms with E-state index in [1.165, 1.54) is 0 Å². The molecule has 0 saturated carbocycles. The molecule has 0 spiro atoms. The lowest BCUT2D eigenvalue weighted by atomic mass is 10.0. The third-order valence-electron chi connectivity index (χ3n) is 4.31. The molecule has 2 heterocycles. The minimum atomic E-state index is -0.0527. The third kappa shape index (κ3) is 3.79. The van der Waals surface area contributed by atoms with Gasteiger partial charge in [-0.3, -0.25) is 14.6 Å². The van der Waals surface area contributed by atoms with Gasteiger partial charge in [0, 0.05) is 36.6 Å². The lowest BCUT2D eigenvalue weighted by Gasteiger charge is -2.32. The minimum Gasteiger partial charge on any atom is -0.349 e. The fraction of sp³-hybridized carbons (Fsp3) is 0.316. The van der Waals surface area contributed by atoms with Gasteiger partial charge in [0.25, 0.3) is 11.8 Å². The van der Waals surface area contributed by atoms with Gasteiger partial charge < -0.3 is 10.2 Å². The molecule has 0 bridgehead atoms. The summed E-state index contributed by atoms with van der Waals surface area (Å²) in [6, 6.07) is 13.0. The number of hydrogen-bond donors (Lipinski definition) is 1. The fourth-order valence-electron chi connectivity index (χ4n) is 2.86. The summed E-state index contributed by atoms with van der Waals surface area (Å²) >= 11 is 0. The molecule has 2 aromatic rings. The lowest BCUT2D eigenvalue weighted by molar-refractivity contribution is 0.0697. The van der Waals surface area contributed by atoms with Crippen LogP contribution in [0, 0.1) is 6.92 Å². The molecule has 1 aliphatic heterocycles. The van der Waals surface area contributed by atoms with Crippen molar-refractivity contribution in [3.05, 3.63) is 65.5 Å². The number of benzene rings is 1. The first kappa shape index (κ1) is 16.2. The Kier molecular flexibility index (Phi) is 4.89. The van der Waals surface area contributed by atoms with Crippen molar-refractivity contribution in [2.45, 2.75) is 25.8 Å². The number of likely N-dealkylation sites (tertiary alicyclic amines) is 1. The molecule has 0 atom stereocenters. The topological polar surface area (TPSA) is 62.3 Å². The van der Waals surface area contributed by atoms with Crippen molar-refractivity contribution in [3.8, 4) is 0 Å². The molecule has 2 amide bonds. The Labute approximate surface area is 141 Å². The number of carbonyl (C=O) groups is 2. The summed E-state index contributed by atoms with van der Waals surface area (Å²) in [5.74, 6) is -0.0431. The van der Waals surface area contributed by atoms with Crippen LogP contribution in [0.2, 0.25) is 0 Å². The van der Waals surface area contributed by atoms with Crippen LogP contribution in [0.3, 0.4) is 0 Å². The van der Waals surface area contributed by atoms with Crippen LogP contribution in [0.25, 0.3) is 0 Å². The van der Waals surface area contributed by atoms with Crippen LogP contribution in [-0.2, 0) is 0 Å². The Balaban J connectivity index is 1.53. The van der Waals surface area contributed by atoms with Crippen molar-refractivity contribution >= 4 is 11.8 Å². The molecule has 5 nitrogen and oxygen atoms in total. The van der Waals surface area contributed by atoms with Gasteiger partial charge in [-0.2, -0.15) is 0 Å². The Morgan fingerprint density at radius 2 is 1.75 bits per heavy atom. The minimum absolute atomic E-state index is 0.00957. The summed E-state index contributed by atoms with van der Waals surface area (Å²) in [6.07, 6.45) is 3.16. The summed E-state index contributed by atoms with van der Waals surface area (Å²) in [5.41, 5.74) is 2.18. The predicted molar refractivity (Wildman–Crippen MR) is 91.8 cm³/mol. The molecule has 1 aliphatic rings. The number of hydrogen-bond acceptors (Lipinski definition) is 3. The van der Waals surface area contributed by atoms with Crippen LogP contribution in [0.5, 0.6) is 0 Å². The highest BCUT2D eigenvalue weighted by Crippen LogP contribution is 2.14. The number of nitrogens with zero attached hydrogens (tertiary/aromatic N) is 2. The molecule has 1 saturated heterocycles. The maximum absolute atomic E-state index is 12.5.